The van der Waals surface area contributed by atoms with Crippen molar-refractivity contribution in [1.82, 2.24) is 0 Å². The number of aliphatic imine (C=N–C) groups is 1. The molecule has 0 aromatic heterocycles. The molecule has 170 valence electrons. The third-order valence-electron chi connectivity index (χ3n) is 4.10. The maximum Gasteiger partial charge on any atom is 0.348 e. The minimum Gasteiger partial charge on any atom is -0.480 e. The molecule has 3 rings (SSSR count). The van der Waals surface area contributed by atoms with Crippen LogP contribution in [-0.2, 0) is 4.74 Å². The highest BCUT2D eigenvalue weighted by Crippen LogP contribution is 2.35. The number of amides is 2. The van der Waals surface area contributed by atoms with E-state index >= 15 is 0 Å². The number of ether oxygens (including phenoxy) is 2. The van der Waals surface area contributed by atoms with E-state index in [9.17, 15) is 14.9 Å². The molecule has 0 aliphatic heterocycles. The lowest BCUT2D eigenvalue weighted by Crippen LogP contribution is -2.13. The number of nitro benzene ring substituents is 1. The van der Waals surface area contributed by atoms with Gasteiger partial charge >= 0.3 is 6.03 Å². The largest absolute Gasteiger partial charge is 0.480 e. The maximum absolute atomic E-state index is 12.4. The number of rotatable bonds is 5. The van der Waals surface area contributed by atoms with Gasteiger partial charge in [-0.15, -0.1) is 0 Å². The Balaban J connectivity index is 1.76. The van der Waals surface area contributed by atoms with Crippen molar-refractivity contribution in [2.24, 2.45) is 4.99 Å². The monoisotopic (exact) mass is 527 g/mol. The molecule has 0 fully saturated rings. The number of hydrogen-bond donors (Lipinski definition) is 1. The number of nitrogens with zero attached hydrogens (tertiary/aromatic N) is 2. The van der Waals surface area contributed by atoms with Gasteiger partial charge in [-0.25, -0.2) is 4.79 Å². The fourth-order valence-corrected chi connectivity index (χ4v) is 3.65. The summed E-state index contributed by atoms with van der Waals surface area (Å²) in [5.41, 5.74) is 0.354. The molecule has 3 aromatic carbocycles. The van der Waals surface area contributed by atoms with Gasteiger partial charge in [-0.2, -0.15) is 4.99 Å². The number of carbonyl (C=O) groups excluding carboxylic acids is 1. The number of nitrogens with one attached hydrogen (secondary N) is 1. The summed E-state index contributed by atoms with van der Waals surface area (Å²) in [6.45, 7) is 0. The summed E-state index contributed by atoms with van der Waals surface area (Å²) in [4.78, 5) is 26.5. The lowest BCUT2D eigenvalue weighted by atomic mass is 10.2. The summed E-state index contributed by atoms with van der Waals surface area (Å²) < 4.78 is 10.8. The molecule has 0 spiro atoms. The smallest absolute Gasteiger partial charge is 0.348 e. The van der Waals surface area contributed by atoms with Gasteiger partial charge in [0.2, 0.25) is 5.90 Å². The molecule has 0 atom stereocenters. The van der Waals surface area contributed by atoms with Gasteiger partial charge in [0.15, 0.2) is 0 Å². The normalized spacial score (nSPS) is 11.1. The van der Waals surface area contributed by atoms with Gasteiger partial charge in [0, 0.05) is 17.8 Å². The minimum atomic E-state index is -0.755. The zero-order chi connectivity index (χ0) is 24.1. The van der Waals surface area contributed by atoms with E-state index in [-0.39, 0.29) is 48.7 Å². The van der Waals surface area contributed by atoms with E-state index in [2.05, 4.69) is 10.3 Å². The number of anilines is 1. The second kappa shape index (κ2) is 10.7. The molecule has 0 unspecified atom stereocenters. The van der Waals surface area contributed by atoms with Crippen molar-refractivity contribution in [3.8, 4) is 11.5 Å². The van der Waals surface area contributed by atoms with E-state index in [0.29, 0.717) is 5.69 Å². The Morgan fingerprint density at radius 3 is 2.24 bits per heavy atom. The van der Waals surface area contributed by atoms with Gasteiger partial charge in [-0.05, 0) is 36.4 Å². The van der Waals surface area contributed by atoms with Crippen LogP contribution in [0.15, 0.2) is 59.6 Å². The van der Waals surface area contributed by atoms with Crippen molar-refractivity contribution < 1.29 is 19.2 Å². The molecule has 0 saturated carbocycles. The molecule has 0 aliphatic rings. The SMILES string of the molecule is COC(=NC(=O)Nc1ccc(Oc2ccc([N+](=O)[O-])c(Cl)c2)c(Cl)c1)c1c(Cl)cccc1Cl. The quantitative estimate of drug-likeness (QED) is 0.159. The van der Waals surface area contributed by atoms with Crippen molar-refractivity contribution >= 4 is 69.7 Å². The predicted molar refractivity (Wildman–Crippen MR) is 129 cm³/mol. The van der Waals surface area contributed by atoms with Gasteiger partial charge in [0.25, 0.3) is 5.69 Å². The third-order valence-corrected chi connectivity index (χ3v) is 5.33. The molecule has 8 nitrogen and oxygen atoms in total. The lowest BCUT2D eigenvalue weighted by Gasteiger charge is -2.11. The molecular formula is C21H13Cl4N3O5. The van der Waals surface area contributed by atoms with Crippen LogP contribution in [0.3, 0.4) is 0 Å². The molecule has 0 radical (unpaired) electrons. The van der Waals surface area contributed by atoms with Crippen LogP contribution >= 0.6 is 46.4 Å². The van der Waals surface area contributed by atoms with Crippen LogP contribution in [0.1, 0.15) is 5.56 Å². The number of methoxy groups -OCH3 is 1. The molecule has 0 bridgehead atoms. The van der Waals surface area contributed by atoms with E-state index in [1.54, 1.807) is 18.2 Å². The molecule has 12 heteroatoms. The minimum absolute atomic E-state index is 0.0656. The van der Waals surface area contributed by atoms with Crippen LogP contribution in [0.25, 0.3) is 0 Å². The van der Waals surface area contributed by atoms with Gasteiger partial charge in [-0.1, -0.05) is 52.5 Å². The Labute approximate surface area is 207 Å². The first-order chi connectivity index (χ1) is 15.7. The number of hydrogen-bond acceptors (Lipinski definition) is 5. The molecule has 2 amide bonds. The molecule has 33 heavy (non-hydrogen) atoms. The predicted octanol–water partition coefficient (Wildman–Crippen LogP) is 7.63. The highest BCUT2D eigenvalue weighted by molar-refractivity contribution is 6.40. The standard InChI is InChI=1S/C21H13Cl4N3O5/c1-32-20(19-13(22)3-2-4-14(19)23)27-21(29)26-11-5-8-18(16(25)9-11)33-12-6-7-17(28(30)31)15(24)10-12/h2-10H,1H3,(H,26,29). The summed E-state index contributed by atoms with van der Waals surface area (Å²) in [6, 6.07) is 12.4. The van der Waals surface area contributed by atoms with Crippen LogP contribution in [0.2, 0.25) is 20.1 Å². The van der Waals surface area contributed by atoms with E-state index in [4.69, 9.17) is 55.9 Å². The first-order valence-electron chi connectivity index (χ1n) is 8.99. The first-order valence-corrected chi connectivity index (χ1v) is 10.5. The number of halogens is 4. The Kier molecular flexibility index (Phi) is 7.99. The number of benzene rings is 3. The van der Waals surface area contributed by atoms with Crippen LogP contribution in [-0.4, -0.2) is 24.0 Å². The fourth-order valence-electron chi connectivity index (χ4n) is 2.64. The molecular weight excluding hydrogens is 516 g/mol. The molecule has 1 N–H and O–H groups in total. The Morgan fingerprint density at radius 2 is 1.67 bits per heavy atom. The van der Waals surface area contributed by atoms with E-state index in [0.717, 1.165) is 0 Å². The first kappa shape index (κ1) is 24.6. The number of nitro groups is 1. The zero-order valence-electron chi connectivity index (χ0n) is 16.6. The summed E-state index contributed by atoms with van der Waals surface area (Å²) >= 11 is 24.4. The summed E-state index contributed by atoms with van der Waals surface area (Å²) in [6.07, 6.45) is 0. The van der Waals surface area contributed by atoms with Gasteiger partial charge in [0.1, 0.15) is 16.5 Å². The van der Waals surface area contributed by atoms with E-state index < -0.39 is 11.0 Å². The number of carbonyl (C=O) groups is 1. The topological polar surface area (TPSA) is 103 Å². The van der Waals surface area contributed by atoms with Crippen molar-refractivity contribution in [1.29, 1.82) is 0 Å². The summed E-state index contributed by atoms with van der Waals surface area (Å²) in [7, 11) is 1.33. The van der Waals surface area contributed by atoms with Crippen molar-refractivity contribution in [2.75, 3.05) is 12.4 Å². The Bertz CT molecular complexity index is 1250. The second-order valence-corrected chi connectivity index (χ2v) is 7.89. The van der Waals surface area contributed by atoms with Gasteiger partial charge < -0.3 is 14.8 Å². The molecule has 3 aromatic rings. The van der Waals surface area contributed by atoms with Gasteiger partial charge in [-0.3, -0.25) is 10.1 Å². The van der Waals surface area contributed by atoms with E-state index in [1.807, 2.05) is 0 Å². The summed E-state index contributed by atoms with van der Waals surface area (Å²) in [5, 5.41) is 14.0. The van der Waals surface area contributed by atoms with E-state index in [1.165, 1.54) is 43.5 Å². The lowest BCUT2D eigenvalue weighted by molar-refractivity contribution is -0.384. The molecule has 0 heterocycles. The highest BCUT2D eigenvalue weighted by atomic mass is 35.5. The second-order valence-electron chi connectivity index (χ2n) is 6.27. The van der Waals surface area contributed by atoms with Gasteiger partial charge in [0.05, 0.1) is 32.7 Å². The molecule has 0 saturated heterocycles. The van der Waals surface area contributed by atoms with Crippen molar-refractivity contribution in [3.63, 3.8) is 0 Å². The van der Waals surface area contributed by atoms with Crippen LogP contribution in [0.5, 0.6) is 11.5 Å². The van der Waals surface area contributed by atoms with Crippen molar-refractivity contribution in [2.45, 2.75) is 0 Å². The van der Waals surface area contributed by atoms with Crippen LogP contribution in [0, 0.1) is 10.1 Å². The third kappa shape index (κ3) is 6.06. The van der Waals surface area contributed by atoms with Crippen LogP contribution in [0.4, 0.5) is 16.2 Å². The number of urea groups is 1. The average molecular weight is 529 g/mol. The Morgan fingerprint density at radius 1 is 0.970 bits per heavy atom. The fraction of sp³-hybridized carbons (Fsp3) is 0.0476. The molecule has 0 aliphatic carbocycles. The highest BCUT2D eigenvalue weighted by Gasteiger charge is 2.16. The summed E-state index contributed by atoms with van der Waals surface area (Å²) in [5.74, 6) is 0.419. The van der Waals surface area contributed by atoms with Crippen molar-refractivity contribution in [3.05, 3.63) is 90.4 Å². The zero-order valence-corrected chi connectivity index (χ0v) is 19.7. The Hall–Kier alpha value is -3.04. The maximum atomic E-state index is 12.4. The average Bonchev–Trinajstić information content (AvgIpc) is 2.74. The van der Waals surface area contributed by atoms with Crippen LogP contribution < -0.4 is 10.1 Å².